The molecule has 0 spiro atoms. The van der Waals surface area contributed by atoms with Gasteiger partial charge in [-0.05, 0) is 24.0 Å². The lowest BCUT2D eigenvalue weighted by molar-refractivity contribution is -0.385. The summed E-state index contributed by atoms with van der Waals surface area (Å²) in [6, 6.07) is 5.00. The lowest BCUT2D eigenvalue weighted by atomic mass is 10.2. The highest BCUT2D eigenvalue weighted by atomic mass is 35.5. The van der Waals surface area contributed by atoms with Gasteiger partial charge in [0.1, 0.15) is 0 Å². The molecular weight excluding hydrogens is 244 g/mol. The van der Waals surface area contributed by atoms with E-state index in [0.29, 0.717) is 18.5 Å². The zero-order valence-electron chi connectivity index (χ0n) is 9.42. The first kappa shape index (κ1) is 13.7. The van der Waals surface area contributed by atoms with E-state index >= 15 is 0 Å². The molecule has 6 heteroatoms. The van der Waals surface area contributed by atoms with Crippen LogP contribution in [0, 0.1) is 16.0 Å². The number of rotatable bonds is 4. The van der Waals surface area contributed by atoms with Gasteiger partial charge in [-0.2, -0.15) is 0 Å². The van der Waals surface area contributed by atoms with Crippen LogP contribution in [0.4, 0.5) is 5.69 Å². The molecule has 1 fully saturated rings. The van der Waals surface area contributed by atoms with Crippen LogP contribution in [0.2, 0.25) is 0 Å². The predicted octanol–water partition coefficient (Wildman–Crippen LogP) is 2.22. The van der Waals surface area contributed by atoms with Gasteiger partial charge in [-0.15, -0.1) is 12.4 Å². The number of nitro groups is 1. The van der Waals surface area contributed by atoms with E-state index in [2.05, 4.69) is 12.2 Å². The van der Waals surface area contributed by atoms with Crippen LogP contribution < -0.4 is 5.32 Å². The van der Waals surface area contributed by atoms with Gasteiger partial charge >= 0.3 is 5.69 Å². The second-order valence-corrected chi connectivity index (χ2v) is 4.28. The summed E-state index contributed by atoms with van der Waals surface area (Å²) in [5.74, 6) is 0.444. The van der Waals surface area contributed by atoms with Gasteiger partial charge in [-0.3, -0.25) is 10.1 Å². The van der Waals surface area contributed by atoms with Crippen molar-refractivity contribution in [1.82, 2.24) is 5.32 Å². The molecule has 0 radical (unpaired) electrons. The van der Waals surface area contributed by atoms with E-state index in [9.17, 15) is 15.2 Å². The highest BCUT2D eigenvalue weighted by Crippen LogP contribution is 2.30. The molecule has 2 N–H and O–H groups in total. The summed E-state index contributed by atoms with van der Waals surface area (Å²) >= 11 is 0. The lowest BCUT2D eigenvalue weighted by Crippen LogP contribution is -2.16. The van der Waals surface area contributed by atoms with Crippen LogP contribution in [-0.4, -0.2) is 16.1 Å². The first-order valence-electron chi connectivity index (χ1n) is 5.27. The van der Waals surface area contributed by atoms with Crippen molar-refractivity contribution in [1.29, 1.82) is 0 Å². The molecule has 2 unspecified atom stereocenters. The molecule has 0 heterocycles. The zero-order valence-corrected chi connectivity index (χ0v) is 10.2. The fourth-order valence-electron chi connectivity index (χ4n) is 1.69. The minimum Gasteiger partial charge on any atom is -0.502 e. The SMILES string of the molecule is CC1CC1NCc1ccc([N+](=O)[O-])c(O)c1.Cl. The van der Waals surface area contributed by atoms with Crippen LogP contribution in [0.3, 0.4) is 0 Å². The van der Waals surface area contributed by atoms with Gasteiger partial charge in [0.05, 0.1) is 4.92 Å². The Morgan fingerprint density at radius 3 is 2.71 bits per heavy atom. The number of halogens is 1. The third-order valence-electron chi connectivity index (χ3n) is 2.91. The number of benzene rings is 1. The van der Waals surface area contributed by atoms with E-state index in [1.807, 2.05) is 0 Å². The molecule has 1 aliphatic rings. The summed E-state index contributed by atoms with van der Waals surface area (Å²) < 4.78 is 0. The predicted molar refractivity (Wildman–Crippen MR) is 66.4 cm³/mol. The summed E-state index contributed by atoms with van der Waals surface area (Å²) in [5, 5.41) is 23.2. The van der Waals surface area contributed by atoms with Crippen LogP contribution in [0.15, 0.2) is 18.2 Å². The molecule has 0 amide bonds. The Balaban J connectivity index is 0.00000144. The van der Waals surface area contributed by atoms with Gasteiger partial charge in [-0.25, -0.2) is 0 Å². The number of aromatic hydroxyl groups is 1. The molecule has 1 aromatic carbocycles. The topological polar surface area (TPSA) is 75.4 Å². The second kappa shape index (κ2) is 5.33. The van der Waals surface area contributed by atoms with Crippen LogP contribution >= 0.6 is 12.4 Å². The minimum atomic E-state index is -0.588. The summed E-state index contributed by atoms with van der Waals surface area (Å²) in [6.45, 7) is 2.81. The maximum absolute atomic E-state index is 10.5. The highest BCUT2D eigenvalue weighted by Gasteiger charge is 2.31. The summed E-state index contributed by atoms with van der Waals surface area (Å²) in [4.78, 5) is 9.89. The number of nitrogens with zero attached hydrogens (tertiary/aromatic N) is 1. The zero-order chi connectivity index (χ0) is 11.7. The summed E-state index contributed by atoms with van der Waals surface area (Å²) in [5.41, 5.74) is 0.616. The quantitative estimate of drug-likeness (QED) is 0.641. The molecular formula is C11H15ClN2O3. The number of nitro benzene ring substituents is 1. The Bertz CT molecular complexity index is 425. The standard InChI is InChI=1S/C11H14N2O3.ClH/c1-7-4-9(7)12-6-8-2-3-10(13(15)16)11(14)5-8;/h2-3,5,7,9,12,14H,4,6H2,1H3;1H. The average Bonchev–Trinajstić information content (AvgIpc) is 2.91. The Morgan fingerprint density at radius 1 is 1.59 bits per heavy atom. The Labute approximate surface area is 105 Å². The molecule has 5 nitrogen and oxygen atoms in total. The van der Waals surface area contributed by atoms with Gasteiger partial charge in [0.15, 0.2) is 5.75 Å². The largest absolute Gasteiger partial charge is 0.502 e. The van der Waals surface area contributed by atoms with Crippen LogP contribution in [0.5, 0.6) is 5.75 Å². The van der Waals surface area contributed by atoms with Crippen molar-refractivity contribution in [2.75, 3.05) is 0 Å². The van der Waals surface area contributed by atoms with Crippen LogP contribution in [0.25, 0.3) is 0 Å². The van der Waals surface area contributed by atoms with Crippen molar-refractivity contribution in [3.8, 4) is 5.75 Å². The molecule has 0 saturated heterocycles. The normalized spacial score (nSPS) is 21.7. The van der Waals surface area contributed by atoms with E-state index < -0.39 is 4.92 Å². The van der Waals surface area contributed by atoms with Gasteiger partial charge in [0.25, 0.3) is 0 Å². The third kappa shape index (κ3) is 3.31. The molecule has 1 saturated carbocycles. The van der Waals surface area contributed by atoms with Crippen molar-refractivity contribution in [3.63, 3.8) is 0 Å². The summed E-state index contributed by atoms with van der Waals surface area (Å²) in [7, 11) is 0. The van der Waals surface area contributed by atoms with Gasteiger partial charge < -0.3 is 10.4 Å². The van der Waals surface area contributed by atoms with Crippen molar-refractivity contribution in [2.24, 2.45) is 5.92 Å². The Hall–Kier alpha value is -1.33. The van der Waals surface area contributed by atoms with Crippen LogP contribution in [0.1, 0.15) is 18.9 Å². The third-order valence-corrected chi connectivity index (χ3v) is 2.91. The van der Waals surface area contributed by atoms with Crippen molar-refractivity contribution >= 4 is 18.1 Å². The molecule has 1 aromatic rings. The number of nitrogens with one attached hydrogen (secondary N) is 1. The first-order chi connectivity index (χ1) is 7.58. The van der Waals surface area contributed by atoms with Crippen molar-refractivity contribution in [2.45, 2.75) is 25.9 Å². The van der Waals surface area contributed by atoms with Crippen molar-refractivity contribution in [3.05, 3.63) is 33.9 Å². The second-order valence-electron chi connectivity index (χ2n) is 4.28. The maximum atomic E-state index is 10.5. The average molecular weight is 259 g/mol. The van der Waals surface area contributed by atoms with E-state index in [1.54, 1.807) is 6.07 Å². The number of hydrogen-bond donors (Lipinski definition) is 2. The van der Waals surface area contributed by atoms with Gasteiger partial charge in [0.2, 0.25) is 0 Å². The number of hydrogen-bond acceptors (Lipinski definition) is 4. The molecule has 1 aliphatic carbocycles. The number of phenols is 1. The summed E-state index contributed by atoms with van der Waals surface area (Å²) in [6.07, 6.45) is 1.18. The molecule has 0 aromatic heterocycles. The van der Waals surface area contributed by atoms with Crippen molar-refractivity contribution < 1.29 is 10.0 Å². The van der Waals surface area contributed by atoms with Gasteiger partial charge in [-0.1, -0.05) is 13.0 Å². The van der Waals surface area contributed by atoms with E-state index in [1.165, 1.54) is 18.6 Å². The fourth-order valence-corrected chi connectivity index (χ4v) is 1.69. The Kier molecular flexibility index (Phi) is 4.31. The highest BCUT2D eigenvalue weighted by molar-refractivity contribution is 5.85. The number of phenolic OH excluding ortho intramolecular Hbond substituents is 1. The van der Waals surface area contributed by atoms with E-state index in [4.69, 9.17) is 0 Å². The van der Waals surface area contributed by atoms with E-state index in [0.717, 1.165) is 5.56 Å². The molecule has 94 valence electrons. The molecule has 2 rings (SSSR count). The Morgan fingerprint density at radius 2 is 2.24 bits per heavy atom. The molecule has 17 heavy (non-hydrogen) atoms. The lowest BCUT2D eigenvalue weighted by Gasteiger charge is -2.04. The smallest absolute Gasteiger partial charge is 0.310 e. The first-order valence-corrected chi connectivity index (χ1v) is 5.27. The maximum Gasteiger partial charge on any atom is 0.310 e. The molecule has 0 aliphatic heterocycles. The monoisotopic (exact) mass is 258 g/mol. The fraction of sp³-hybridized carbons (Fsp3) is 0.455. The van der Waals surface area contributed by atoms with Gasteiger partial charge in [0, 0.05) is 18.7 Å². The molecule has 2 atom stereocenters. The molecule has 0 bridgehead atoms. The minimum absolute atomic E-state index is 0. The van der Waals surface area contributed by atoms with Crippen LogP contribution in [-0.2, 0) is 6.54 Å². The van der Waals surface area contributed by atoms with E-state index in [-0.39, 0.29) is 23.8 Å².